The summed E-state index contributed by atoms with van der Waals surface area (Å²) in [6.07, 6.45) is -1.28. The number of aliphatic hydroxyl groups is 1. The number of rotatable bonds is 4. The van der Waals surface area contributed by atoms with E-state index in [0.29, 0.717) is 5.75 Å². The molecule has 2 rings (SSSR count). The van der Waals surface area contributed by atoms with Gasteiger partial charge in [-0.2, -0.15) is 11.3 Å². The van der Waals surface area contributed by atoms with Crippen molar-refractivity contribution in [2.24, 2.45) is 0 Å². The Morgan fingerprint density at radius 2 is 2.11 bits per heavy atom. The van der Waals surface area contributed by atoms with Crippen LogP contribution in [0.2, 0.25) is 0 Å². The molecular formula is C13H13NO3S. The van der Waals surface area contributed by atoms with Gasteiger partial charge >= 0.3 is 6.09 Å². The maximum atomic E-state index is 11.4. The van der Waals surface area contributed by atoms with Crippen molar-refractivity contribution < 1.29 is 14.6 Å². The van der Waals surface area contributed by atoms with Crippen molar-refractivity contribution in [1.29, 1.82) is 0 Å². The molecule has 1 aromatic heterocycles. The maximum Gasteiger partial charge on any atom is 0.412 e. The van der Waals surface area contributed by atoms with E-state index in [4.69, 9.17) is 4.74 Å². The van der Waals surface area contributed by atoms with Crippen LogP contribution in [0.3, 0.4) is 0 Å². The Morgan fingerprint density at radius 3 is 2.78 bits per heavy atom. The number of thiophene rings is 1. The molecule has 2 aromatic rings. The molecule has 1 aromatic carbocycles. The zero-order valence-corrected chi connectivity index (χ0v) is 10.4. The molecule has 0 saturated heterocycles. The first-order valence-electron chi connectivity index (χ1n) is 5.46. The van der Waals surface area contributed by atoms with Gasteiger partial charge in [0.15, 0.2) is 0 Å². The second-order valence-electron chi connectivity index (χ2n) is 3.66. The fraction of sp³-hybridized carbons (Fsp3) is 0.154. The molecule has 0 spiro atoms. The van der Waals surface area contributed by atoms with Crippen LogP contribution in [-0.4, -0.2) is 17.7 Å². The molecule has 0 bridgehead atoms. The predicted molar refractivity (Wildman–Crippen MR) is 69.7 cm³/mol. The highest BCUT2D eigenvalue weighted by Crippen LogP contribution is 2.15. The number of carbonyl (C=O) groups excluding carboxylic acids is 1. The van der Waals surface area contributed by atoms with Gasteiger partial charge in [-0.3, -0.25) is 0 Å². The smallest absolute Gasteiger partial charge is 0.410 e. The number of ether oxygens (including phenoxy) is 1. The molecule has 1 amide bonds. The highest BCUT2D eigenvalue weighted by molar-refractivity contribution is 7.07. The fourth-order valence-corrected chi connectivity index (χ4v) is 2.10. The van der Waals surface area contributed by atoms with E-state index in [1.165, 1.54) is 11.3 Å². The third-order valence-electron chi connectivity index (χ3n) is 2.32. The molecule has 0 aliphatic heterocycles. The van der Waals surface area contributed by atoms with Crippen LogP contribution in [0.15, 0.2) is 47.2 Å². The summed E-state index contributed by atoms with van der Waals surface area (Å²) in [6, 6.07) is 10.6. The van der Waals surface area contributed by atoms with Crippen LogP contribution in [0.4, 0.5) is 4.79 Å². The van der Waals surface area contributed by atoms with E-state index in [0.717, 1.165) is 5.56 Å². The fourth-order valence-electron chi connectivity index (χ4n) is 1.39. The van der Waals surface area contributed by atoms with Crippen LogP contribution in [0.25, 0.3) is 0 Å². The number of benzene rings is 1. The molecule has 0 radical (unpaired) electrons. The highest BCUT2D eigenvalue weighted by Gasteiger charge is 2.10. The number of aliphatic hydroxyl groups excluding tert-OH is 1. The van der Waals surface area contributed by atoms with Gasteiger partial charge in [0.2, 0.25) is 0 Å². The molecular weight excluding hydrogens is 250 g/mol. The summed E-state index contributed by atoms with van der Waals surface area (Å²) in [6.45, 7) is 0.127. The van der Waals surface area contributed by atoms with Crippen molar-refractivity contribution in [2.75, 3.05) is 6.54 Å². The molecule has 0 fully saturated rings. The molecule has 1 atom stereocenters. The van der Waals surface area contributed by atoms with Gasteiger partial charge in [0, 0.05) is 0 Å². The van der Waals surface area contributed by atoms with E-state index >= 15 is 0 Å². The lowest BCUT2D eigenvalue weighted by atomic mass is 10.2. The van der Waals surface area contributed by atoms with Crippen LogP contribution in [-0.2, 0) is 0 Å². The summed E-state index contributed by atoms with van der Waals surface area (Å²) < 4.78 is 5.02. The Kier molecular flexibility index (Phi) is 4.33. The SMILES string of the molecule is O=C(NCC(O)c1ccsc1)Oc1ccccc1. The van der Waals surface area contributed by atoms with Crippen LogP contribution < -0.4 is 10.1 Å². The molecule has 2 N–H and O–H groups in total. The number of hydrogen-bond acceptors (Lipinski definition) is 4. The number of amides is 1. The molecule has 4 nitrogen and oxygen atoms in total. The summed E-state index contributed by atoms with van der Waals surface area (Å²) in [5, 5.41) is 16.0. The lowest BCUT2D eigenvalue weighted by Crippen LogP contribution is -2.30. The van der Waals surface area contributed by atoms with E-state index in [-0.39, 0.29) is 6.54 Å². The number of carbonyl (C=O) groups is 1. The lowest BCUT2D eigenvalue weighted by Gasteiger charge is -2.10. The zero-order valence-electron chi connectivity index (χ0n) is 9.58. The van der Waals surface area contributed by atoms with Crippen LogP contribution >= 0.6 is 11.3 Å². The standard InChI is InChI=1S/C13H13NO3S/c15-12(10-6-7-18-9-10)8-14-13(16)17-11-4-2-1-3-5-11/h1-7,9,12,15H,8H2,(H,14,16). The summed E-state index contributed by atoms with van der Waals surface area (Å²) in [4.78, 5) is 11.4. The van der Waals surface area contributed by atoms with Crippen LogP contribution in [0.1, 0.15) is 11.7 Å². The lowest BCUT2D eigenvalue weighted by molar-refractivity contribution is 0.162. The average molecular weight is 263 g/mol. The molecule has 18 heavy (non-hydrogen) atoms. The second kappa shape index (κ2) is 6.18. The van der Waals surface area contributed by atoms with Gasteiger partial charge in [-0.15, -0.1) is 0 Å². The number of nitrogens with one attached hydrogen (secondary N) is 1. The van der Waals surface area contributed by atoms with Gasteiger partial charge < -0.3 is 15.2 Å². The monoisotopic (exact) mass is 263 g/mol. The van der Waals surface area contributed by atoms with Crippen molar-refractivity contribution in [1.82, 2.24) is 5.32 Å². The summed E-state index contributed by atoms with van der Waals surface area (Å²) in [5.41, 5.74) is 0.792. The first-order chi connectivity index (χ1) is 8.75. The van der Waals surface area contributed by atoms with Gasteiger partial charge in [-0.05, 0) is 34.5 Å². The van der Waals surface area contributed by atoms with Crippen molar-refractivity contribution in [3.63, 3.8) is 0 Å². The first kappa shape index (κ1) is 12.6. The number of hydrogen-bond donors (Lipinski definition) is 2. The Hall–Kier alpha value is -1.85. The molecule has 0 aliphatic rings. The van der Waals surface area contributed by atoms with E-state index in [1.807, 2.05) is 22.9 Å². The molecule has 0 aliphatic carbocycles. The van der Waals surface area contributed by atoms with Gasteiger partial charge in [-0.1, -0.05) is 18.2 Å². The minimum absolute atomic E-state index is 0.127. The maximum absolute atomic E-state index is 11.4. The Bertz CT molecular complexity index is 484. The molecule has 1 heterocycles. The third-order valence-corrected chi connectivity index (χ3v) is 3.02. The van der Waals surface area contributed by atoms with E-state index in [2.05, 4.69) is 5.32 Å². The molecule has 94 valence electrons. The summed E-state index contributed by atoms with van der Waals surface area (Å²) in [5.74, 6) is 0.472. The Morgan fingerprint density at radius 1 is 1.33 bits per heavy atom. The van der Waals surface area contributed by atoms with Crippen molar-refractivity contribution in [2.45, 2.75) is 6.10 Å². The predicted octanol–water partition coefficient (Wildman–Crippen LogP) is 2.57. The quantitative estimate of drug-likeness (QED) is 0.891. The minimum atomic E-state index is -0.709. The van der Waals surface area contributed by atoms with E-state index in [1.54, 1.807) is 24.3 Å². The highest BCUT2D eigenvalue weighted by atomic mass is 32.1. The summed E-state index contributed by atoms with van der Waals surface area (Å²) >= 11 is 1.50. The normalized spacial score (nSPS) is 11.8. The third kappa shape index (κ3) is 3.58. The summed E-state index contributed by atoms with van der Waals surface area (Å²) in [7, 11) is 0. The van der Waals surface area contributed by atoms with Gasteiger partial charge in [0.25, 0.3) is 0 Å². The minimum Gasteiger partial charge on any atom is -0.410 e. The van der Waals surface area contributed by atoms with E-state index in [9.17, 15) is 9.90 Å². The van der Waals surface area contributed by atoms with Crippen LogP contribution in [0, 0.1) is 0 Å². The largest absolute Gasteiger partial charge is 0.412 e. The number of para-hydroxylation sites is 1. The average Bonchev–Trinajstić information content (AvgIpc) is 2.91. The van der Waals surface area contributed by atoms with Gasteiger partial charge in [0.1, 0.15) is 5.75 Å². The first-order valence-corrected chi connectivity index (χ1v) is 6.41. The van der Waals surface area contributed by atoms with Crippen molar-refractivity contribution in [3.8, 4) is 5.75 Å². The van der Waals surface area contributed by atoms with Crippen molar-refractivity contribution >= 4 is 17.4 Å². The Balaban J connectivity index is 1.79. The van der Waals surface area contributed by atoms with E-state index < -0.39 is 12.2 Å². The second-order valence-corrected chi connectivity index (χ2v) is 4.44. The van der Waals surface area contributed by atoms with Crippen molar-refractivity contribution in [3.05, 3.63) is 52.7 Å². The molecule has 5 heteroatoms. The van der Waals surface area contributed by atoms with Gasteiger partial charge in [0.05, 0.1) is 12.6 Å². The van der Waals surface area contributed by atoms with Gasteiger partial charge in [-0.25, -0.2) is 4.79 Å². The Labute approximate surface area is 109 Å². The topological polar surface area (TPSA) is 58.6 Å². The molecule has 1 unspecified atom stereocenters. The molecule has 0 saturated carbocycles. The van der Waals surface area contributed by atoms with Crippen LogP contribution in [0.5, 0.6) is 5.75 Å². The zero-order chi connectivity index (χ0) is 12.8.